The van der Waals surface area contributed by atoms with Crippen LogP contribution in [0.1, 0.15) is 51.8 Å². The maximum absolute atomic E-state index is 13.1. The largest absolute Gasteiger partial charge is 0.491 e. The summed E-state index contributed by atoms with van der Waals surface area (Å²) < 4.78 is 10.8. The van der Waals surface area contributed by atoms with Crippen LogP contribution in [0, 0.1) is 0 Å². The van der Waals surface area contributed by atoms with E-state index in [9.17, 15) is 14.4 Å². The Balaban J connectivity index is 1.52. The fourth-order valence-electron chi connectivity index (χ4n) is 4.32. The molecule has 2 amide bonds. The van der Waals surface area contributed by atoms with Gasteiger partial charge < -0.3 is 24.6 Å². The van der Waals surface area contributed by atoms with Crippen LogP contribution in [-0.4, -0.2) is 61.6 Å². The van der Waals surface area contributed by atoms with Crippen molar-refractivity contribution >= 4 is 29.2 Å². The zero-order valence-corrected chi connectivity index (χ0v) is 22.0. The first kappa shape index (κ1) is 26.7. The van der Waals surface area contributed by atoms with Crippen LogP contribution in [0.15, 0.2) is 72.8 Å². The van der Waals surface area contributed by atoms with E-state index in [1.54, 1.807) is 43.3 Å². The molecule has 38 heavy (non-hydrogen) atoms. The average Bonchev–Trinajstić information content (AvgIpc) is 2.93. The number of benzene rings is 3. The Morgan fingerprint density at radius 3 is 2.13 bits per heavy atom. The Labute approximate surface area is 223 Å². The average molecular weight is 516 g/mol. The first-order valence-electron chi connectivity index (χ1n) is 12.8. The number of rotatable bonds is 8. The molecule has 0 spiro atoms. The van der Waals surface area contributed by atoms with Gasteiger partial charge in [0.25, 0.3) is 11.8 Å². The summed E-state index contributed by atoms with van der Waals surface area (Å²) in [5, 5.41) is 2.97. The van der Waals surface area contributed by atoms with Crippen molar-refractivity contribution in [2.24, 2.45) is 0 Å². The number of carbonyl (C=O) groups is 3. The maximum atomic E-state index is 13.1. The van der Waals surface area contributed by atoms with Crippen molar-refractivity contribution < 1.29 is 23.9 Å². The SMILES string of the molecule is CCOC(=O)c1ccc(N2CCN(C(=O)c3ccccc3)CC2)c(NC(=O)c2ccc(OC(C)C)cc2)c1. The summed E-state index contributed by atoms with van der Waals surface area (Å²) in [5.41, 5.74) is 2.76. The van der Waals surface area contributed by atoms with Crippen molar-refractivity contribution in [2.45, 2.75) is 26.9 Å². The fraction of sp³-hybridized carbons (Fsp3) is 0.300. The van der Waals surface area contributed by atoms with Crippen LogP contribution in [0.4, 0.5) is 11.4 Å². The van der Waals surface area contributed by atoms with Gasteiger partial charge in [0, 0.05) is 37.3 Å². The fourth-order valence-corrected chi connectivity index (χ4v) is 4.32. The molecule has 3 aromatic carbocycles. The minimum atomic E-state index is -0.456. The molecule has 0 saturated carbocycles. The van der Waals surface area contributed by atoms with Crippen molar-refractivity contribution in [1.29, 1.82) is 0 Å². The van der Waals surface area contributed by atoms with E-state index in [0.29, 0.717) is 54.3 Å². The van der Waals surface area contributed by atoms with Gasteiger partial charge in [0.1, 0.15) is 5.75 Å². The molecular weight excluding hydrogens is 482 g/mol. The summed E-state index contributed by atoms with van der Waals surface area (Å²) in [4.78, 5) is 42.4. The lowest BCUT2D eigenvalue weighted by Crippen LogP contribution is -2.49. The van der Waals surface area contributed by atoms with E-state index in [2.05, 4.69) is 10.2 Å². The molecule has 1 N–H and O–H groups in total. The predicted octanol–water partition coefficient (Wildman–Crippen LogP) is 4.87. The Kier molecular flexibility index (Phi) is 8.63. The molecule has 0 aliphatic carbocycles. The Hall–Kier alpha value is -4.33. The van der Waals surface area contributed by atoms with Gasteiger partial charge in [-0.1, -0.05) is 18.2 Å². The number of hydrogen-bond donors (Lipinski definition) is 1. The lowest BCUT2D eigenvalue weighted by Gasteiger charge is -2.37. The topological polar surface area (TPSA) is 88.2 Å². The second-order valence-electron chi connectivity index (χ2n) is 9.24. The highest BCUT2D eigenvalue weighted by Gasteiger charge is 2.25. The van der Waals surface area contributed by atoms with Crippen molar-refractivity contribution in [2.75, 3.05) is 43.0 Å². The van der Waals surface area contributed by atoms with Gasteiger partial charge in [0.05, 0.1) is 29.6 Å². The standard InChI is InChI=1S/C30H33N3O5/c1-4-37-30(36)24-12-15-27(32-16-18-33(19-17-32)29(35)23-8-6-5-7-9-23)26(20-24)31-28(34)22-10-13-25(14-11-22)38-21(2)3/h5-15,20-21H,4,16-19H2,1-3H3,(H,31,34). The minimum Gasteiger partial charge on any atom is -0.491 e. The summed E-state index contributed by atoms with van der Waals surface area (Å²) in [6.45, 7) is 8.13. The van der Waals surface area contributed by atoms with E-state index in [1.165, 1.54) is 0 Å². The molecule has 0 aromatic heterocycles. The van der Waals surface area contributed by atoms with Gasteiger partial charge in [-0.05, 0) is 75.4 Å². The molecule has 1 aliphatic heterocycles. The summed E-state index contributed by atoms with van der Waals surface area (Å²) >= 11 is 0. The van der Waals surface area contributed by atoms with Gasteiger partial charge in [0.2, 0.25) is 0 Å². The molecule has 3 aromatic rings. The number of piperazine rings is 1. The van der Waals surface area contributed by atoms with E-state index in [-0.39, 0.29) is 24.5 Å². The Bertz CT molecular complexity index is 1270. The van der Waals surface area contributed by atoms with E-state index in [1.807, 2.05) is 55.1 Å². The third-order valence-electron chi connectivity index (χ3n) is 6.17. The highest BCUT2D eigenvalue weighted by molar-refractivity contribution is 6.07. The monoisotopic (exact) mass is 515 g/mol. The van der Waals surface area contributed by atoms with Crippen LogP contribution < -0.4 is 15.0 Å². The number of amides is 2. The molecule has 1 fully saturated rings. The van der Waals surface area contributed by atoms with E-state index in [0.717, 1.165) is 5.69 Å². The van der Waals surface area contributed by atoms with Crippen LogP contribution in [0.3, 0.4) is 0 Å². The van der Waals surface area contributed by atoms with Gasteiger partial charge in [-0.3, -0.25) is 9.59 Å². The molecule has 1 heterocycles. The second kappa shape index (κ2) is 12.3. The van der Waals surface area contributed by atoms with E-state index < -0.39 is 5.97 Å². The molecule has 8 heteroatoms. The Morgan fingerprint density at radius 2 is 1.50 bits per heavy atom. The summed E-state index contributed by atoms with van der Waals surface area (Å²) in [6.07, 6.45) is 0.0336. The molecular formula is C30H33N3O5. The lowest BCUT2D eigenvalue weighted by molar-refractivity contribution is 0.0526. The highest BCUT2D eigenvalue weighted by atomic mass is 16.5. The quantitative estimate of drug-likeness (QED) is 0.431. The number of nitrogens with zero attached hydrogens (tertiary/aromatic N) is 2. The summed E-state index contributed by atoms with van der Waals surface area (Å²) in [5.74, 6) is -0.0740. The molecule has 0 atom stereocenters. The summed E-state index contributed by atoms with van der Waals surface area (Å²) in [7, 11) is 0. The molecule has 1 saturated heterocycles. The number of carbonyl (C=O) groups excluding carboxylic acids is 3. The van der Waals surface area contributed by atoms with E-state index in [4.69, 9.17) is 9.47 Å². The minimum absolute atomic E-state index is 0.00123. The van der Waals surface area contributed by atoms with Crippen molar-refractivity contribution in [3.05, 3.63) is 89.5 Å². The van der Waals surface area contributed by atoms with Crippen molar-refractivity contribution in [3.8, 4) is 5.75 Å². The van der Waals surface area contributed by atoms with Crippen LogP contribution >= 0.6 is 0 Å². The van der Waals surface area contributed by atoms with Gasteiger partial charge >= 0.3 is 5.97 Å². The number of esters is 1. The van der Waals surface area contributed by atoms with E-state index >= 15 is 0 Å². The molecule has 0 bridgehead atoms. The predicted molar refractivity (Wildman–Crippen MR) is 147 cm³/mol. The second-order valence-corrected chi connectivity index (χ2v) is 9.24. The van der Waals surface area contributed by atoms with Gasteiger partial charge in [-0.15, -0.1) is 0 Å². The van der Waals surface area contributed by atoms with Gasteiger partial charge in [-0.25, -0.2) is 4.79 Å². The molecule has 0 radical (unpaired) electrons. The van der Waals surface area contributed by atoms with Crippen molar-refractivity contribution in [1.82, 2.24) is 4.90 Å². The first-order chi connectivity index (χ1) is 18.4. The third kappa shape index (κ3) is 6.51. The van der Waals surface area contributed by atoms with Crippen LogP contribution in [0.25, 0.3) is 0 Å². The van der Waals surface area contributed by atoms with Crippen molar-refractivity contribution in [3.63, 3.8) is 0 Å². The van der Waals surface area contributed by atoms with Crippen LogP contribution in [0.2, 0.25) is 0 Å². The zero-order valence-electron chi connectivity index (χ0n) is 22.0. The van der Waals surface area contributed by atoms with Gasteiger partial charge in [-0.2, -0.15) is 0 Å². The summed E-state index contributed by atoms with van der Waals surface area (Å²) in [6, 6.07) is 21.3. The molecule has 1 aliphatic rings. The molecule has 0 unspecified atom stereocenters. The lowest BCUT2D eigenvalue weighted by atomic mass is 10.1. The molecule has 8 nitrogen and oxygen atoms in total. The molecule has 198 valence electrons. The normalized spacial score (nSPS) is 13.3. The van der Waals surface area contributed by atoms with Crippen LogP contribution in [-0.2, 0) is 4.74 Å². The number of nitrogens with one attached hydrogen (secondary N) is 1. The van der Waals surface area contributed by atoms with Gasteiger partial charge in [0.15, 0.2) is 0 Å². The number of hydrogen-bond acceptors (Lipinski definition) is 6. The number of ether oxygens (including phenoxy) is 2. The highest BCUT2D eigenvalue weighted by Crippen LogP contribution is 2.30. The third-order valence-corrected chi connectivity index (χ3v) is 6.17. The Morgan fingerprint density at radius 1 is 0.842 bits per heavy atom. The smallest absolute Gasteiger partial charge is 0.338 e. The number of anilines is 2. The first-order valence-corrected chi connectivity index (χ1v) is 12.8. The zero-order chi connectivity index (χ0) is 27.1. The maximum Gasteiger partial charge on any atom is 0.338 e. The van der Waals surface area contributed by atoms with Crippen LogP contribution in [0.5, 0.6) is 5.75 Å². The molecule has 4 rings (SSSR count).